The summed E-state index contributed by atoms with van der Waals surface area (Å²) < 4.78 is 101. The van der Waals surface area contributed by atoms with Gasteiger partial charge >= 0.3 is 17.9 Å². The van der Waals surface area contributed by atoms with Gasteiger partial charge in [-0.3, -0.25) is 14.4 Å². The SMILES string of the molecule is CC(C)(C)OC(=O)C1CCCC1.CC(C)(C)OC(=O)[C@@H]1CCCN1S(C)(=O)=O.CS(=O)(=O)N1CCC[C@H]1C(=O)O.CS(=O)(=O)OS(C)(=O)=O. The summed E-state index contributed by atoms with van der Waals surface area (Å²) in [7, 11) is -14.4. The third-order valence-electron chi connectivity index (χ3n) is 6.57. The molecule has 2 atom stereocenters. The van der Waals surface area contributed by atoms with E-state index in [0.717, 1.165) is 29.7 Å². The number of rotatable bonds is 7. The van der Waals surface area contributed by atoms with Crippen LogP contribution < -0.4 is 0 Å². The van der Waals surface area contributed by atoms with Gasteiger partial charge in [0.25, 0.3) is 20.2 Å². The Hall–Kier alpha value is -1.91. The van der Waals surface area contributed by atoms with Crippen LogP contribution in [0.3, 0.4) is 0 Å². The third-order valence-corrected chi connectivity index (χ3v) is 11.1. The van der Waals surface area contributed by atoms with Crippen molar-refractivity contribution in [1.29, 1.82) is 0 Å². The number of esters is 2. The smallest absolute Gasteiger partial charge is 0.324 e. The minimum atomic E-state index is -3.87. The van der Waals surface area contributed by atoms with E-state index in [-0.39, 0.29) is 17.5 Å². The normalized spacial score (nSPS) is 21.3. The maximum absolute atomic E-state index is 11.8. The fraction of sp³-hybridized carbons (Fsp3) is 0.893. The van der Waals surface area contributed by atoms with Crippen molar-refractivity contribution in [3.63, 3.8) is 0 Å². The first kappa shape index (κ1) is 47.1. The molecule has 0 aromatic heterocycles. The predicted molar refractivity (Wildman–Crippen MR) is 181 cm³/mol. The number of carboxylic acid groups (broad SMARTS) is 1. The quantitative estimate of drug-likeness (QED) is 0.361. The molecule has 0 radical (unpaired) electrons. The molecule has 2 saturated heterocycles. The molecule has 1 saturated carbocycles. The second-order valence-corrected chi connectivity index (χ2v) is 21.2. The standard InChI is InChI=1S/C10H19NO4S.C10H18O2.C6H11NO4S.C2H6O5S2/c1-10(2,3)15-9(12)8-6-5-7-11(8)16(4,13)14;1-10(2,3)12-9(11)8-6-4-5-7-8;1-12(10,11)7-4-2-3-5(7)6(8)9;1-8(3,4)7-9(2,5)6/h8H,5-7H2,1-4H3;8H,4-7H2,1-3H3;5H,2-4H2,1H3,(H,8,9);1-2H3/t8-;;5-;/m0.0./s1. The maximum atomic E-state index is 11.8. The van der Waals surface area contributed by atoms with Crippen LogP contribution in [0.1, 0.15) is 92.9 Å². The summed E-state index contributed by atoms with van der Waals surface area (Å²) in [5.74, 6) is -1.32. The largest absolute Gasteiger partial charge is 0.480 e. The van der Waals surface area contributed by atoms with Gasteiger partial charge in [0.1, 0.15) is 23.3 Å². The monoisotopic (exact) mass is 786 g/mol. The molecule has 0 amide bonds. The van der Waals surface area contributed by atoms with Crippen LogP contribution in [0.5, 0.6) is 0 Å². The summed E-state index contributed by atoms with van der Waals surface area (Å²) in [5.41, 5.74) is -0.900. The number of hydrogen-bond donors (Lipinski definition) is 1. The van der Waals surface area contributed by atoms with Gasteiger partial charge in [0.15, 0.2) is 0 Å². The fourth-order valence-electron chi connectivity index (χ4n) is 4.90. The van der Waals surface area contributed by atoms with Crippen molar-refractivity contribution in [3.05, 3.63) is 0 Å². The van der Waals surface area contributed by atoms with Crippen LogP contribution in [0.15, 0.2) is 0 Å². The number of sulfonamides is 2. The summed E-state index contributed by atoms with van der Waals surface area (Å²) in [4.78, 5) is 33.8. The van der Waals surface area contributed by atoms with Crippen LogP contribution in [0.25, 0.3) is 0 Å². The van der Waals surface area contributed by atoms with Crippen molar-refractivity contribution in [2.75, 3.05) is 38.1 Å². The van der Waals surface area contributed by atoms with Crippen molar-refractivity contribution < 1.29 is 66.3 Å². The molecule has 3 rings (SSSR count). The molecule has 290 valence electrons. The van der Waals surface area contributed by atoms with E-state index >= 15 is 0 Å². The van der Waals surface area contributed by atoms with E-state index in [1.54, 1.807) is 20.8 Å². The van der Waals surface area contributed by atoms with E-state index in [0.29, 0.717) is 51.3 Å². The molecule has 3 aliphatic rings. The van der Waals surface area contributed by atoms with E-state index in [1.165, 1.54) is 17.1 Å². The first-order valence-corrected chi connectivity index (χ1v) is 22.8. The van der Waals surface area contributed by atoms with E-state index in [9.17, 15) is 48.1 Å². The Labute approximate surface area is 292 Å². The van der Waals surface area contributed by atoms with Crippen LogP contribution in [0.4, 0.5) is 0 Å². The Morgan fingerprint density at radius 2 is 0.918 bits per heavy atom. The van der Waals surface area contributed by atoms with Gasteiger partial charge < -0.3 is 14.6 Å². The fourth-order valence-corrected chi connectivity index (χ4v) is 8.93. The average molecular weight is 787 g/mol. The summed E-state index contributed by atoms with van der Waals surface area (Å²) in [6.45, 7) is 11.8. The van der Waals surface area contributed by atoms with Gasteiger partial charge in [-0.15, -0.1) is 3.63 Å². The van der Waals surface area contributed by atoms with E-state index in [4.69, 9.17) is 14.6 Å². The minimum absolute atomic E-state index is 0.000000000000000666. The zero-order valence-electron chi connectivity index (χ0n) is 30.0. The molecule has 0 spiro atoms. The predicted octanol–water partition coefficient (Wildman–Crippen LogP) is 1.69. The van der Waals surface area contributed by atoms with Crippen molar-refractivity contribution in [1.82, 2.24) is 8.61 Å². The second-order valence-electron chi connectivity index (χ2n) is 13.9. The van der Waals surface area contributed by atoms with E-state index in [1.807, 2.05) is 20.8 Å². The van der Waals surface area contributed by atoms with Crippen molar-refractivity contribution in [2.45, 2.75) is 116 Å². The maximum Gasteiger partial charge on any atom is 0.324 e. The van der Waals surface area contributed by atoms with Gasteiger partial charge in [-0.05, 0) is 80.1 Å². The van der Waals surface area contributed by atoms with Crippen LogP contribution >= 0.6 is 0 Å². The average Bonchev–Trinajstić information content (AvgIpc) is 3.62. The van der Waals surface area contributed by atoms with E-state index < -0.39 is 69.9 Å². The number of ether oxygens (including phenoxy) is 2. The number of aliphatic carboxylic acids is 1. The number of hydrogen-bond acceptors (Lipinski definition) is 14. The Bertz CT molecular complexity index is 1530. The number of carbonyl (C=O) groups excluding carboxylic acids is 2. The Morgan fingerprint density at radius 1 is 0.571 bits per heavy atom. The highest BCUT2D eigenvalue weighted by Crippen LogP contribution is 2.27. The van der Waals surface area contributed by atoms with Crippen molar-refractivity contribution in [3.8, 4) is 0 Å². The first-order valence-electron chi connectivity index (χ1n) is 15.5. The van der Waals surface area contributed by atoms with Gasteiger partial charge in [0.05, 0.1) is 30.9 Å². The van der Waals surface area contributed by atoms with Gasteiger partial charge in [-0.25, -0.2) is 16.8 Å². The van der Waals surface area contributed by atoms with Crippen LogP contribution in [-0.4, -0.2) is 127 Å². The highest BCUT2D eigenvalue weighted by molar-refractivity contribution is 7.99. The van der Waals surface area contributed by atoms with Gasteiger partial charge in [0.2, 0.25) is 20.0 Å². The highest BCUT2D eigenvalue weighted by atomic mass is 32.3. The van der Waals surface area contributed by atoms with Gasteiger partial charge in [0, 0.05) is 13.1 Å². The number of carbonyl (C=O) groups is 3. The first-order chi connectivity index (χ1) is 21.7. The summed E-state index contributed by atoms with van der Waals surface area (Å²) >= 11 is 0. The van der Waals surface area contributed by atoms with Crippen LogP contribution in [0, 0.1) is 5.92 Å². The third kappa shape index (κ3) is 21.1. The molecular weight excluding hydrogens is 733 g/mol. The number of carboxylic acids is 1. The lowest BCUT2D eigenvalue weighted by atomic mass is 10.1. The molecule has 1 aliphatic carbocycles. The van der Waals surface area contributed by atoms with Gasteiger partial charge in [-0.1, -0.05) is 12.8 Å². The highest BCUT2D eigenvalue weighted by Gasteiger charge is 2.39. The Balaban J connectivity index is 0.000000640. The van der Waals surface area contributed by atoms with E-state index in [2.05, 4.69) is 3.63 Å². The molecule has 0 unspecified atom stereocenters. The Morgan fingerprint density at radius 3 is 1.20 bits per heavy atom. The van der Waals surface area contributed by atoms with Crippen molar-refractivity contribution >= 4 is 58.2 Å². The molecule has 49 heavy (non-hydrogen) atoms. The lowest BCUT2D eigenvalue weighted by Gasteiger charge is -2.25. The lowest BCUT2D eigenvalue weighted by Crippen LogP contribution is -2.43. The topological polar surface area (TPSA) is 242 Å². The summed E-state index contributed by atoms with van der Waals surface area (Å²) in [6, 6.07) is -1.49. The summed E-state index contributed by atoms with van der Waals surface area (Å²) in [6.07, 6.45) is 10.2. The van der Waals surface area contributed by atoms with Crippen LogP contribution in [0.2, 0.25) is 0 Å². The van der Waals surface area contributed by atoms with Crippen LogP contribution in [-0.2, 0) is 67.8 Å². The Kier molecular flexibility index (Phi) is 17.8. The molecule has 2 aliphatic heterocycles. The van der Waals surface area contributed by atoms with Crippen molar-refractivity contribution in [2.24, 2.45) is 5.92 Å². The van der Waals surface area contributed by atoms with Gasteiger partial charge in [-0.2, -0.15) is 25.4 Å². The molecule has 0 bridgehead atoms. The molecule has 0 aromatic rings. The molecule has 17 nitrogen and oxygen atoms in total. The zero-order chi connectivity index (χ0) is 38.8. The minimum Gasteiger partial charge on any atom is -0.480 e. The molecular formula is C28H54N2O15S4. The molecule has 21 heteroatoms. The number of nitrogens with zero attached hydrogens (tertiary/aromatic N) is 2. The molecule has 3 fully saturated rings. The molecule has 0 aromatic carbocycles. The lowest BCUT2D eigenvalue weighted by molar-refractivity contribution is -0.160. The molecule has 1 N–H and O–H groups in total. The molecule has 2 heterocycles. The zero-order valence-corrected chi connectivity index (χ0v) is 33.3. The second kappa shape index (κ2) is 18.5. The summed E-state index contributed by atoms with van der Waals surface area (Å²) in [5, 5.41) is 8.64.